The van der Waals surface area contributed by atoms with Crippen LogP contribution in [0, 0.1) is 0 Å². The van der Waals surface area contributed by atoms with Gasteiger partial charge in [-0.25, -0.2) is 0 Å². The lowest BCUT2D eigenvalue weighted by atomic mass is 10.2. The first-order valence-electron chi connectivity index (χ1n) is 5.46. The fraction of sp³-hybridized carbons (Fsp3) is 0.333. The molecule has 0 aliphatic rings. The van der Waals surface area contributed by atoms with Crippen molar-refractivity contribution in [2.24, 2.45) is 0 Å². The smallest absolute Gasteiger partial charge is 0.251 e. The minimum Gasteiger partial charge on any atom is -0.355 e. The third kappa shape index (κ3) is 3.71. The summed E-state index contributed by atoms with van der Waals surface area (Å²) in [6, 6.07) is 4.73. The van der Waals surface area contributed by atoms with Gasteiger partial charge in [0.2, 0.25) is 5.91 Å². The molecule has 0 saturated heterocycles. The van der Waals surface area contributed by atoms with Crippen molar-refractivity contribution in [2.75, 3.05) is 12.4 Å². The highest BCUT2D eigenvalue weighted by molar-refractivity contribution is 9.10. The number of hydrogen-bond acceptors (Lipinski definition) is 2. The molecule has 98 valence electrons. The fourth-order valence-electron chi connectivity index (χ4n) is 1.30. The maximum Gasteiger partial charge on any atom is 0.251 e. The molecule has 1 rings (SSSR count). The highest BCUT2D eigenvalue weighted by atomic mass is 79.9. The van der Waals surface area contributed by atoms with Crippen molar-refractivity contribution in [2.45, 2.75) is 18.2 Å². The van der Waals surface area contributed by atoms with Crippen LogP contribution >= 0.6 is 27.5 Å². The topological polar surface area (TPSA) is 58.2 Å². The van der Waals surface area contributed by atoms with E-state index < -0.39 is 0 Å². The maximum absolute atomic E-state index is 11.7. The van der Waals surface area contributed by atoms with Crippen molar-refractivity contribution in [3.63, 3.8) is 0 Å². The van der Waals surface area contributed by atoms with E-state index in [4.69, 9.17) is 11.6 Å². The molecule has 0 saturated carbocycles. The normalized spacial score (nSPS) is 11.8. The van der Waals surface area contributed by atoms with Gasteiger partial charge in [0.05, 0.1) is 15.5 Å². The Morgan fingerprint density at radius 2 is 2.11 bits per heavy atom. The zero-order valence-corrected chi connectivity index (χ0v) is 12.4. The average molecular weight is 334 g/mol. The molecule has 18 heavy (non-hydrogen) atoms. The van der Waals surface area contributed by atoms with Gasteiger partial charge >= 0.3 is 0 Å². The molecule has 0 heterocycles. The number of carbonyl (C=O) groups is 2. The van der Waals surface area contributed by atoms with E-state index in [1.807, 2.05) is 6.92 Å². The Morgan fingerprint density at radius 1 is 1.44 bits per heavy atom. The monoisotopic (exact) mass is 332 g/mol. The lowest BCUT2D eigenvalue weighted by Crippen LogP contribution is -2.23. The molecule has 0 fully saturated rings. The molecule has 1 atom stereocenters. The molecular formula is C12H14BrClN2O2. The fourth-order valence-corrected chi connectivity index (χ4v) is 1.58. The van der Waals surface area contributed by atoms with E-state index in [1.54, 1.807) is 25.2 Å². The van der Waals surface area contributed by atoms with Gasteiger partial charge in [-0.1, -0.05) is 34.5 Å². The Morgan fingerprint density at radius 3 is 2.67 bits per heavy atom. The van der Waals surface area contributed by atoms with Gasteiger partial charge in [-0.15, -0.1) is 0 Å². The molecule has 0 bridgehead atoms. The number of hydrogen-bond donors (Lipinski definition) is 2. The van der Waals surface area contributed by atoms with Gasteiger partial charge < -0.3 is 10.6 Å². The highest BCUT2D eigenvalue weighted by Crippen LogP contribution is 2.24. The molecule has 0 aromatic heterocycles. The first-order chi connectivity index (χ1) is 8.49. The second-order valence-electron chi connectivity index (χ2n) is 3.64. The molecule has 1 aromatic carbocycles. The van der Waals surface area contributed by atoms with E-state index in [2.05, 4.69) is 26.6 Å². The van der Waals surface area contributed by atoms with E-state index in [9.17, 15) is 9.59 Å². The van der Waals surface area contributed by atoms with Crippen molar-refractivity contribution < 1.29 is 9.59 Å². The van der Waals surface area contributed by atoms with E-state index in [0.717, 1.165) is 0 Å². The maximum atomic E-state index is 11.7. The first kappa shape index (κ1) is 15.0. The molecule has 2 N–H and O–H groups in total. The standard InChI is InChI=1S/C12H14BrClN2O2/c1-3-8(13)12(18)16-10-6-7(11(17)15-2)4-5-9(10)14/h4-6,8H,3H2,1-2H3,(H,15,17)(H,16,18). The SMILES string of the molecule is CCC(Br)C(=O)Nc1cc(C(=O)NC)ccc1Cl. The Labute approximate surface area is 119 Å². The summed E-state index contributed by atoms with van der Waals surface area (Å²) in [4.78, 5) is 22.9. The number of anilines is 1. The lowest BCUT2D eigenvalue weighted by molar-refractivity contribution is -0.115. The largest absolute Gasteiger partial charge is 0.355 e. The van der Waals surface area contributed by atoms with Crippen LogP contribution in [0.4, 0.5) is 5.69 Å². The van der Waals surface area contributed by atoms with E-state index in [1.165, 1.54) is 0 Å². The third-order valence-corrected chi connectivity index (χ3v) is 3.75. The molecule has 6 heteroatoms. The third-order valence-electron chi connectivity index (χ3n) is 2.36. The predicted octanol–water partition coefficient (Wildman–Crippen LogP) is 2.81. The van der Waals surface area contributed by atoms with Gasteiger partial charge in [0.15, 0.2) is 0 Å². The summed E-state index contributed by atoms with van der Waals surface area (Å²) >= 11 is 9.23. The summed E-state index contributed by atoms with van der Waals surface area (Å²) in [5.74, 6) is -0.415. The lowest BCUT2D eigenvalue weighted by Gasteiger charge is -2.11. The van der Waals surface area contributed by atoms with Gasteiger partial charge in [0.1, 0.15) is 0 Å². The predicted molar refractivity (Wildman–Crippen MR) is 76.5 cm³/mol. The van der Waals surface area contributed by atoms with Crippen molar-refractivity contribution in [1.29, 1.82) is 0 Å². The number of benzene rings is 1. The molecule has 0 radical (unpaired) electrons. The van der Waals surface area contributed by atoms with E-state index in [-0.39, 0.29) is 16.6 Å². The minimum atomic E-state index is -0.280. The van der Waals surface area contributed by atoms with Gasteiger partial charge in [-0.05, 0) is 24.6 Å². The summed E-state index contributed by atoms with van der Waals surface area (Å²) in [6.45, 7) is 1.89. The number of halogens is 2. The second-order valence-corrected chi connectivity index (χ2v) is 5.15. The molecule has 1 aromatic rings. The van der Waals surface area contributed by atoms with Crippen molar-refractivity contribution in [1.82, 2.24) is 5.32 Å². The highest BCUT2D eigenvalue weighted by Gasteiger charge is 2.15. The number of amides is 2. The van der Waals surface area contributed by atoms with E-state index >= 15 is 0 Å². The van der Waals surface area contributed by atoms with Gasteiger partial charge in [-0.3, -0.25) is 9.59 Å². The molecule has 0 aliphatic carbocycles. The summed E-state index contributed by atoms with van der Waals surface area (Å²) in [5.41, 5.74) is 0.875. The number of carbonyl (C=O) groups excluding carboxylic acids is 2. The molecule has 0 spiro atoms. The average Bonchev–Trinajstić information content (AvgIpc) is 2.39. The van der Waals surface area contributed by atoms with Crippen LogP contribution in [0.25, 0.3) is 0 Å². The molecule has 0 aliphatic heterocycles. The second kappa shape index (κ2) is 6.75. The summed E-state index contributed by atoms with van der Waals surface area (Å²) in [6.07, 6.45) is 0.665. The van der Waals surface area contributed by atoms with E-state index in [0.29, 0.717) is 22.7 Å². The van der Waals surface area contributed by atoms with Crippen molar-refractivity contribution >= 4 is 45.0 Å². The van der Waals surface area contributed by atoms with Gasteiger partial charge in [0, 0.05) is 12.6 Å². The zero-order valence-electron chi connectivity index (χ0n) is 10.1. The molecule has 2 amide bonds. The Bertz CT molecular complexity index is 465. The summed E-state index contributed by atoms with van der Waals surface area (Å²) < 4.78 is 0. The van der Waals surface area contributed by atoms with Crippen molar-refractivity contribution in [3.8, 4) is 0 Å². The molecule has 4 nitrogen and oxygen atoms in total. The quantitative estimate of drug-likeness (QED) is 0.832. The van der Waals surface area contributed by atoms with Gasteiger partial charge in [0.25, 0.3) is 5.91 Å². The van der Waals surface area contributed by atoms with Crippen LogP contribution in [0.1, 0.15) is 23.7 Å². The summed E-state index contributed by atoms with van der Waals surface area (Å²) in [5, 5.41) is 5.59. The van der Waals surface area contributed by atoms with Crippen LogP contribution in [0.3, 0.4) is 0 Å². The Hall–Kier alpha value is -1.07. The minimum absolute atomic E-state index is 0.187. The summed E-state index contributed by atoms with van der Waals surface area (Å²) in [7, 11) is 1.54. The van der Waals surface area contributed by atoms with Crippen LogP contribution in [0.2, 0.25) is 5.02 Å². The van der Waals surface area contributed by atoms with Gasteiger partial charge in [-0.2, -0.15) is 0 Å². The van der Waals surface area contributed by atoms with Crippen LogP contribution < -0.4 is 10.6 Å². The molecule has 1 unspecified atom stereocenters. The van der Waals surface area contributed by atoms with Crippen LogP contribution in [-0.4, -0.2) is 23.7 Å². The molecular weight excluding hydrogens is 320 g/mol. The number of nitrogens with one attached hydrogen (secondary N) is 2. The van der Waals surface area contributed by atoms with Crippen molar-refractivity contribution in [3.05, 3.63) is 28.8 Å². The van der Waals surface area contributed by atoms with Crippen LogP contribution in [-0.2, 0) is 4.79 Å². The zero-order chi connectivity index (χ0) is 13.7. The Balaban J connectivity index is 2.94. The van der Waals surface area contributed by atoms with Crippen LogP contribution in [0.5, 0.6) is 0 Å². The van der Waals surface area contributed by atoms with Crippen LogP contribution in [0.15, 0.2) is 18.2 Å². The number of alkyl halides is 1. The number of rotatable bonds is 4. The Kier molecular flexibility index (Phi) is 5.62. The first-order valence-corrected chi connectivity index (χ1v) is 6.75.